The van der Waals surface area contributed by atoms with Gasteiger partial charge < -0.3 is 5.32 Å². The number of hydrogen-bond donors (Lipinski definition) is 1. The molecule has 0 aliphatic carbocycles. The number of nitrogens with zero attached hydrogens (tertiary/aromatic N) is 4. The molecule has 0 saturated carbocycles. The summed E-state index contributed by atoms with van der Waals surface area (Å²) in [5.74, 6) is 0.555. The predicted molar refractivity (Wildman–Crippen MR) is 103 cm³/mol. The van der Waals surface area contributed by atoms with Gasteiger partial charge in [-0.3, -0.25) is 14.2 Å². The molecule has 0 atom stereocenters. The van der Waals surface area contributed by atoms with Gasteiger partial charge in [-0.15, -0.1) is 0 Å². The molecule has 1 N–H and O–H groups in total. The van der Waals surface area contributed by atoms with Gasteiger partial charge in [0.25, 0.3) is 0 Å². The molecule has 0 spiro atoms. The molecule has 136 valence electrons. The Labute approximate surface area is 153 Å². The first-order valence-corrected chi connectivity index (χ1v) is 8.68. The fourth-order valence-electron chi connectivity index (χ4n) is 2.73. The topological polar surface area (TPSA) is 64.7 Å². The number of anilines is 1. The van der Waals surface area contributed by atoms with Gasteiger partial charge in [0.15, 0.2) is 0 Å². The van der Waals surface area contributed by atoms with Crippen molar-refractivity contribution < 1.29 is 4.79 Å². The SMILES string of the molecule is Cc1ccccc1-c1ccn(CC(=O)Nc2cc(C(C)(C)C)nn2C)n1. The monoisotopic (exact) mass is 351 g/mol. The largest absolute Gasteiger partial charge is 0.309 e. The minimum atomic E-state index is -0.132. The minimum Gasteiger partial charge on any atom is -0.309 e. The van der Waals surface area contributed by atoms with Crippen LogP contribution in [0.1, 0.15) is 32.0 Å². The summed E-state index contributed by atoms with van der Waals surface area (Å²) in [4.78, 5) is 12.4. The molecule has 0 aliphatic heterocycles. The number of aromatic nitrogens is 4. The number of hydrogen-bond acceptors (Lipinski definition) is 3. The van der Waals surface area contributed by atoms with Crippen molar-refractivity contribution >= 4 is 11.7 Å². The molecular weight excluding hydrogens is 326 g/mol. The van der Waals surface area contributed by atoms with Crippen molar-refractivity contribution in [3.05, 3.63) is 53.9 Å². The van der Waals surface area contributed by atoms with E-state index in [4.69, 9.17) is 0 Å². The minimum absolute atomic E-state index is 0.0643. The molecule has 6 nitrogen and oxygen atoms in total. The van der Waals surface area contributed by atoms with Crippen LogP contribution in [0.15, 0.2) is 42.6 Å². The maximum Gasteiger partial charge on any atom is 0.247 e. The Morgan fingerprint density at radius 2 is 1.88 bits per heavy atom. The molecule has 3 rings (SSSR count). The molecule has 2 aromatic heterocycles. The molecule has 0 radical (unpaired) electrons. The van der Waals surface area contributed by atoms with Crippen LogP contribution in [0.2, 0.25) is 0 Å². The van der Waals surface area contributed by atoms with E-state index in [-0.39, 0.29) is 17.9 Å². The summed E-state index contributed by atoms with van der Waals surface area (Å²) in [6.07, 6.45) is 1.82. The van der Waals surface area contributed by atoms with Gasteiger partial charge in [-0.2, -0.15) is 10.2 Å². The van der Waals surface area contributed by atoms with Gasteiger partial charge in [0.05, 0.1) is 11.4 Å². The van der Waals surface area contributed by atoms with Crippen molar-refractivity contribution in [1.29, 1.82) is 0 Å². The maximum absolute atomic E-state index is 12.4. The average Bonchev–Trinajstić information content (AvgIpc) is 3.15. The second kappa shape index (κ2) is 6.78. The molecular formula is C20H25N5O. The van der Waals surface area contributed by atoms with E-state index in [1.54, 1.807) is 9.36 Å². The number of nitrogens with one attached hydrogen (secondary N) is 1. The standard InChI is InChI=1S/C20H25N5O/c1-14-8-6-7-9-15(14)16-10-11-25(22-16)13-19(26)21-18-12-17(20(2,3)4)23-24(18)5/h6-12H,13H2,1-5H3,(H,21,26). The van der Waals surface area contributed by atoms with E-state index in [1.807, 2.05) is 43.6 Å². The van der Waals surface area contributed by atoms with Crippen LogP contribution in [0, 0.1) is 6.92 Å². The molecule has 26 heavy (non-hydrogen) atoms. The third-order valence-electron chi connectivity index (χ3n) is 4.28. The first-order valence-electron chi connectivity index (χ1n) is 8.68. The summed E-state index contributed by atoms with van der Waals surface area (Å²) >= 11 is 0. The van der Waals surface area contributed by atoms with Gasteiger partial charge >= 0.3 is 0 Å². The van der Waals surface area contributed by atoms with Gasteiger partial charge in [-0.05, 0) is 18.6 Å². The molecule has 1 amide bonds. The van der Waals surface area contributed by atoms with Crippen LogP contribution >= 0.6 is 0 Å². The summed E-state index contributed by atoms with van der Waals surface area (Å²) < 4.78 is 3.35. The number of aryl methyl sites for hydroxylation is 2. The Morgan fingerprint density at radius 3 is 2.54 bits per heavy atom. The first kappa shape index (κ1) is 17.9. The van der Waals surface area contributed by atoms with Crippen molar-refractivity contribution in [2.75, 3.05) is 5.32 Å². The Balaban J connectivity index is 1.70. The summed E-state index contributed by atoms with van der Waals surface area (Å²) in [5.41, 5.74) is 3.98. The molecule has 0 fully saturated rings. The van der Waals surface area contributed by atoms with Crippen LogP contribution in [0.4, 0.5) is 5.82 Å². The van der Waals surface area contributed by atoms with Gasteiger partial charge in [-0.25, -0.2) is 0 Å². The van der Waals surface area contributed by atoms with E-state index in [2.05, 4.69) is 49.3 Å². The predicted octanol–water partition coefficient (Wildman–Crippen LogP) is 3.53. The Bertz CT molecular complexity index is 930. The van der Waals surface area contributed by atoms with Crippen molar-refractivity contribution in [2.45, 2.75) is 39.7 Å². The molecule has 3 aromatic rings. The van der Waals surface area contributed by atoms with Crippen LogP contribution in [-0.4, -0.2) is 25.5 Å². The van der Waals surface area contributed by atoms with Crippen LogP contribution in [0.25, 0.3) is 11.3 Å². The number of rotatable bonds is 4. The van der Waals surface area contributed by atoms with E-state index in [9.17, 15) is 4.79 Å². The van der Waals surface area contributed by atoms with Crippen molar-refractivity contribution in [2.24, 2.45) is 7.05 Å². The van der Waals surface area contributed by atoms with E-state index >= 15 is 0 Å². The number of carbonyl (C=O) groups is 1. The summed E-state index contributed by atoms with van der Waals surface area (Å²) in [7, 11) is 1.83. The van der Waals surface area contributed by atoms with Crippen molar-refractivity contribution in [3.8, 4) is 11.3 Å². The molecule has 2 heterocycles. The quantitative estimate of drug-likeness (QED) is 0.782. The zero-order valence-corrected chi connectivity index (χ0v) is 15.9. The lowest BCUT2D eigenvalue weighted by Crippen LogP contribution is -2.20. The Kier molecular flexibility index (Phi) is 4.68. The molecule has 1 aromatic carbocycles. The molecule has 6 heteroatoms. The highest BCUT2D eigenvalue weighted by Gasteiger charge is 2.19. The van der Waals surface area contributed by atoms with Gasteiger partial charge in [0.2, 0.25) is 5.91 Å². The highest BCUT2D eigenvalue weighted by atomic mass is 16.2. The fourth-order valence-corrected chi connectivity index (χ4v) is 2.73. The lowest BCUT2D eigenvalue weighted by Gasteiger charge is -2.13. The van der Waals surface area contributed by atoms with Crippen molar-refractivity contribution in [3.63, 3.8) is 0 Å². The second-order valence-corrected chi connectivity index (χ2v) is 7.55. The zero-order valence-electron chi connectivity index (χ0n) is 15.9. The molecule has 0 saturated heterocycles. The fraction of sp³-hybridized carbons (Fsp3) is 0.350. The molecule has 0 bridgehead atoms. The van der Waals surface area contributed by atoms with E-state index in [1.165, 1.54) is 0 Å². The summed E-state index contributed by atoms with van der Waals surface area (Å²) in [5, 5.41) is 11.9. The first-order chi connectivity index (χ1) is 12.2. The van der Waals surface area contributed by atoms with Gasteiger partial charge in [0.1, 0.15) is 12.4 Å². The maximum atomic E-state index is 12.4. The number of benzene rings is 1. The third kappa shape index (κ3) is 3.85. The van der Waals surface area contributed by atoms with Crippen LogP contribution in [0.3, 0.4) is 0 Å². The normalized spacial score (nSPS) is 11.6. The molecule has 0 aliphatic rings. The van der Waals surface area contributed by atoms with Crippen molar-refractivity contribution in [1.82, 2.24) is 19.6 Å². The highest BCUT2D eigenvalue weighted by Crippen LogP contribution is 2.23. The zero-order chi connectivity index (χ0) is 18.9. The van der Waals surface area contributed by atoms with E-state index in [0.29, 0.717) is 5.82 Å². The smallest absolute Gasteiger partial charge is 0.247 e. The molecule has 0 unspecified atom stereocenters. The lowest BCUT2D eigenvalue weighted by atomic mass is 9.92. The highest BCUT2D eigenvalue weighted by molar-refractivity contribution is 5.89. The third-order valence-corrected chi connectivity index (χ3v) is 4.28. The van der Waals surface area contributed by atoms with Crippen LogP contribution < -0.4 is 5.32 Å². The van der Waals surface area contributed by atoms with Crippen LogP contribution in [-0.2, 0) is 23.8 Å². The van der Waals surface area contributed by atoms with Gasteiger partial charge in [-0.1, -0.05) is 45.0 Å². The second-order valence-electron chi connectivity index (χ2n) is 7.55. The lowest BCUT2D eigenvalue weighted by molar-refractivity contribution is -0.116. The number of carbonyl (C=O) groups excluding carboxylic acids is 1. The van der Waals surface area contributed by atoms with Crippen LogP contribution in [0.5, 0.6) is 0 Å². The van der Waals surface area contributed by atoms with E-state index < -0.39 is 0 Å². The van der Waals surface area contributed by atoms with Gasteiger partial charge in [0, 0.05) is 30.3 Å². The Morgan fingerprint density at radius 1 is 1.15 bits per heavy atom. The Hall–Kier alpha value is -2.89. The average molecular weight is 351 g/mol. The summed E-state index contributed by atoms with van der Waals surface area (Å²) in [6, 6.07) is 11.9. The number of amides is 1. The summed E-state index contributed by atoms with van der Waals surface area (Å²) in [6.45, 7) is 8.49. The van der Waals surface area contributed by atoms with E-state index in [0.717, 1.165) is 22.5 Å².